The number of hydrogen-bond acceptors (Lipinski definition) is 5. The van der Waals surface area contributed by atoms with Gasteiger partial charge in [-0.1, -0.05) is 22.0 Å². The number of amides is 1. The predicted molar refractivity (Wildman–Crippen MR) is 108 cm³/mol. The van der Waals surface area contributed by atoms with Crippen LogP contribution in [0.2, 0.25) is 0 Å². The van der Waals surface area contributed by atoms with Crippen molar-refractivity contribution in [1.29, 1.82) is 0 Å². The molecule has 1 amide bonds. The van der Waals surface area contributed by atoms with E-state index in [2.05, 4.69) is 15.9 Å². The minimum absolute atomic E-state index is 0.000888. The van der Waals surface area contributed by atoms with Crippen LogP contribution in [0, 0.1) is 6.92 Å². The van der Waals surface area contributed by atoms with Crippen molar-refractivity contribution in [1.82, 2.24) is 9.03 Å². The second kappa shape index (κ2) is 7.94. The van der Waals surface area contributed by atoms with E-state index in [1.54, 1.807) is 19.1 Å². The van der Waals surface area contributed by atoms with Crippen LogP contribution in [0.3, 0.4) is 0 Å². The van der Waals surface area contributed by atoms with Gasteiger partial charge in [0.2, 0.25) is 10.0 Å². The highest BCUT2D eigenvalue weighted by atomic mass is 79.9. The maximum Gasteiger partial charge on any atom is 0.265 e. The monoisotopic (exact) mass is 486 g/mol. The Labute approximate surface area is 173 Å². The normalized spacial score (nSPS) is 15.5. The van der Waals surface area contributed by atoms with Crippen molar-refractivity contribution >= 4 is 41.9 Å². The molecule has 1 saturated heterocycles. The fourth-order valence-corrected chi connectivity index (χ4v) is 5.71. The summed E-state index contributed by atoms with van der Waals surface area (Å²) in [6.07, 6.45) is 1.59. The zero-order chi connectivity index (χ0) is 20.5. The van der Waals surface area contributed by atoms with E-state index in [1.807, 2.05) is 4.72 Å². The molecule has 3 rings (SSSR count). The van der Waals surface area contributed by atoms with Gasteiger partial charge in [0, 0.05) is 23.1 Å². The number of halogens is 1. The average Bonchev–Trinajstić information content (AvgIpc) is 3.17. The number of sulfonamides is 2. The van der Waals surface area contributed by atoms with E-state index in [1.165, 1.54) is 34.6 Å². The molecule has 0 bridgehead atoms. The Morgan fingerprint density at radius 1 is 0.964 bits per heavy atom. The van der Waals surface area contributed by atoms with Gasteiger partial charge in [0.25, 0.3) is 15.9 Å². The molecular weight excluding hydrogens is 468 g/mol. The smallest absolute Gasteiger partial charge is 0.265 e. The van der Waals surface area contributed by atoms with E-state index in [0.717, 1.165) is 12.8 Å². The zero-order valence-electron chi connectivity index (χ0n) is 15.1. The number of aryl methyl sites for hydroxylation is 1. The number of rotatable bonds is 5. The molecule has 7 nitrogen and oxygen atoms in total. The first kappa shape index (κ1) is 21.0. The van der Waals surface area contributed by atoms with Gasteiger partial charge in [0.1, 0.15) is 0 Å². The molecule has 0 atom stereocenters. The van der Waals surface area contributed by atoms with Gasteiger partial charge in [-0.25, -0.2) is 21.6 Å². The lowest BCUT2D eigenvalue weighted by molar-refractivity contribution is 0.0980. The summed E-state index contributed by atoms with van der Waals surface area (Å²) in [4.78, 5) is 12.5. The molecule has 150 valence electrons. The quantitative estimate of drug-likeness (QED) is 0.699. The van der Waals surface area contributed by atoms with Gasteiger partial charge in [-0.2, -0.15) is 4.31 Å². The summed E-state index contributed by atoms with van der Waals surface area (Å²) in [5.41, 5.74) is 0.477. The molecule has 1 N–H and O–H groups in total. The largest absolute Gasteiger partial charge is 0.268 e. The first-order valence-corrected chi connectivity index (χ1v) is 12.3. The van der Waals surface area contributed by atoms with E-state index in [4.69, 9.17) is 0 Å². The van der Waals surface area contributed by atoms with E-state index in [-0.39, 0.29) is 15.4 Å². The van der Waals surface area contributed by atoms with Gasteiger partial charge in [-0.15, -0.1) is 0 Å². The summed E-state index contributed by atoms with van der Waals surface area (Å²) in [5.74, 6) is -0.876. The highest BCUT2D eigenvalue weighted by Crippen LogP contribution is 2.23. The summed E-state index contributed by atoms with van der Waals surface area (Å²) >= 11 is 3.22. The van der Waals surface area contributed by atoms with Crippen molar-refractivity contribution in [2.24, 2.45) is 0 Å². The standard InChI is InChI=1S/C18H19BrN2O5S2/c1-13-4-7-16(28(25,26)21-10-2-3-11-21)12-17(13)18(22)20-27(23,24)15-8-5-14(19)6-9-15/h4-9,12H,2-3,10-11H2,1H3,(H,20,22). The summed E-state index contributed by atoms with van der Waals surface area (Å²) in [5, 5.41) is 0. The molecule has 0 saturated carbocycles. The molecular formula is C18H19BrN2O5S2. The molecule has 0 radical (unpaired) electrons. The number of nitrogens with zero attached hydrogens (tertiary/aromatic N) is 1. The summed E-state index contributed by atoms with van der Waals surface area (Å²) < 4.78 is 54.5. The lowest BCUT2D eigenvalue weighted by Crippen LogP contribution is -2.32. The topological polar surface area (TPSA) is 101 Å². The van der Waals surface area contributed by atoms with Crippen molar-refractivity contribution in [2.75, 3.05) is 13.1 Å². The molecule has 1 fully saturated rings. The van der Waals surface area contributed by atoms with Crippen molar-refractivity contribution in [3.05, 3.63) is 58.1 Å². The zero-order valence-corrected chi connectivity index (χ0v) is 18.3. The van der Waals surface area contributed by atoms with Crippen LogP contribution in [-0.2, 0) is 20.0 Å². The lowest BCUT2D eigenvalue weighted by Gasteiger charge is -2.17. The van der Waals surface area contributed by atoms with Gasteiger partial charge in [0.15, 0.2) is 0 Å². The molecule has 2 aromatic carbocycles. The number of carbonyl (C=O) groups is 1. The van der Waals surface area contributed by atoms with Gasteiger partial charge < -0.3 is 0 Å². The Morgan fingerprint density at radius 2 is 1.54 bits per heavy atom. The van der Waals surface area contributed by atoms with Crippen LogP contribution in [0.25, 0.3) is 0 Å². The third kappa shape index (κ3) is 4.29. The fourth-order valence-electron chi connectivity index (χ4n) is 2.93. The van der Waals surface area contributed by atoms with Gasteiger partial charge in [-0.05, 0) is 61.7 Å². The third-order valence-electron chi connectivity index (χ3n) is 4.51. The number of hydrogen-bond donors (Lipinski definition) is 1. The maximum absolute atomic E-state index is 12.7. The van der Waals surface area contributed by atoms with E-state index in [9.17, 15) is 21.6 Å². The minimum atomic E-state index is -4.09. The molecule has 0 unspecified atom stereocenters. The van der Waals surface area contributed by atoms with Crippen molar-refractivity contribution in [3.8, 4) is 0 Å². The van der Waals surface area contributed by atoms with Crippen LogP contribution in [-0.4, -0.2) is 40.1 Å². The first-order chi connectivity index (χ1) is 13.1. The van der Waals surface area contributed by atoms with Crippen molar-refractivity contribution < 1.29 is 21.6 Å². The molecule has 28 heavy (non-hydrogen) atoms. The predicted octanol–water partition coefficient (Wildman–Crippen LogP) is 2.66. The van der Waals surface area contributed by atoms with Crippen LogP contribution >= 0.6 is 15.9 Å². The molecule has 0 aliphatic carbocycles. The summed E-state index contributed by atoms with van der Waals surface area (Å²) in [6.45, 7) is 2.50. The Balaban J connectivity index is 1.90. The Kier molecular flexibility index (Phi) is 5.95. The molecule has 1 aliphatic rings. The highest BCUT2D eigenvalue weighted by Gasteiger charge is 2.28. The maximum atomic E-state index is 12.7. The fraction of sp³-hybridized carbons (Fsp3) is 0.278. The third-order valence-corrected chi connectivity index (χ3v) is 8.28. The second-order valence-electron chi connectivity index (χ2n) is 6.48. The van der Waals surface area contributed by atoms with Crippen LogP contribution in [0.4, 0.5) is 0 Å². The minimum Gasteiger partial charge on any atom is -0.268 e. The highest BCUT2D eigenvalue weighted by molar-refractivity contribution is 9.10. The first-order valence-electron chi connectivity index (χ1n) is 8.55. The van der Waals surface area contributed by atoms with Crippen LogP contribution in [0.15, 0.2) is 56.7 Å². The van der Waals surface area contributed by atoms with Gasteiger partial charge >= 0.3 is 0 Å². The average molecular weight is 487 g/mol. The molecule has 2 aromatic rings. The van der Waals surface area contributed by atoms with E-state index >= 15 is 0 Å². The van der Waals surface area contributed by atoms with Gasteiger partial charge in [-0.3, -0.25) is 4.79 Å². The van der Waals surface area contributed by atoms with Crippen LogP contribution < -0.4 is 4.72 Å². The van der Waals surface area contributed by atoms with Gasteiger partial charge in [0.05, 0.1) is 9.79 Å². The molecule has 0 aromatic heterocycles. The van der Waals surface area contributed by atoms with Crippen molar-refractivity contribution in [2.45, 2.75) is 29.6 Å². The molecule has 1 aliphatic heterocycles. The Bertz CT molecular complexity index is 1110. The second-order valence-corrected chi connectivity index (χ2v) is 11.0. The Hall–Kier alpha value is -1.75. The van der Waals surface area contributed by atoms with E-state index in [0.29, 0.717) is 23.1 Å². The SMILES string of the molecule is Cc1ccc(S(=O)(=O)N2CCCC2)cc1C(=O)NS(=O)(=O)c1ccc(Br)cc1. The molecule has 0 spiro atoms. The van der Waals surface area contributed by atoms with Crippen molar-refractivity contribution in [3.63, 3.8) is 0 Å². The van der Waals surface area contributed by atoms with Crippen LogP contribution in [0.5, 0.6) is 0 Å². The molecule has 1 heterocycles. The number of carbonyl (C=O) groups excluding carboxylic acids is 1. The Morgan fingerprint density at radius 3 is 2.14 bits per heavy atom. The molecule has 10 heteroatoms. The van der Waals surface area contributed by atoms with E-state index < -0.39 is 26.0 Å². The number of nitrogens with one attached hydrogen (secondary N) is 1. The summed E-state index contributed by atoms with van der Waals surface area (Å²) in [7, 11) is -7.80. The van der Waals surface area contributed by atoms with Crippen LogP contribution in [0.1, 0.15) is 28.8 Å². The number of benzene rings is 2. The summed E-state index contributed by atoms with van der Waals surface area (Å²) in [6, 6.07) is 9.99. The lowest BCUT2D eigenvalue weighted by atomic mass is 10.1.